The number of hydrogen-bond donors (Lipinski definition) is 2. The van der Waals surface area contributed by atoms with Crippen LogP contribution in [0.1, 0.15) is 0 Å². The Morgan fingerprint density at radius 1 is 0.952 bits per heavy atom. The van der Waals surface area contributed by atoms with Crippen LogP contribution in [0.5, 0.6) is 11.5 Å². The molecule has 21 heavy (non-hydrogen) atoms. The smallest absolute Gasteiger partial charge is 0.168 e. The van der Waals surface area contributed by atoms with Crippen molar-refractivity contribution in [2.24, 2.45) is 5.73 Å². The minimum atomic E-state index is 0.236. The summed E-state index contributed by atoms with van der Waals surface area (Å²) in [7, 11) is 0. The van der Waals surface area contributed by atoms with Gasteiger partial charge in [0.2, 0.25) is 0 Å². The topological polar surface area (TPSA) is 56.5 Å². The molecule has 2 aromatic rings. The second kappa shape index (κ2) is 7.71. The van der Waals surface area contributed by atoms with Gasteiger partial charge in [-0.2, -0.15) is 0 Å². The van der Waals surface area contributed by atoms with Crippen LogP contribution < -0.4 is 20.5 Å². The molecule has 0 amide bonds. The monoisotopic (exact) mass is 322 g/mol. The molecule has 3 N–H and O–H groups in total. The summed E-state index contributed by atoms with van der Waals surface area (Å²) < 4.78 is 11.1. The Bertz CT molecular complexity index is 588. The minimum Gasteiger partial charge on any atom is -0.490 e. The van der Waals surface area contributed by atoms with Crippen LogP contribution in [-0.2, 0) is 0 Å². The van der Waals surface area contributed by atoms with Crippen LogP contribution >= 0.6 is 23.8 Å². The molecular weight excluding hydrogens is 308 g/mol. The van der Waals surface area contributed by atoms with Crippen molar-refractivity contribution in [1.82, 2.24) is 0 Å². The highest BCUT2D eigenvalue weighted by atomic mass is 35.5. The van der Waals surface area contributed by atoms with Gasteiger partial charge in [0.1, 0.15) is 24.7 Å². The Morgan fingerprint density at radius 3 is 1.90 bits per heavy atom. The molecule has 6 heteroatoms. The molecule has 0 heterocycles. The van der Waals surface area contributed by atoms with Gasteiger partial charge in [-0.1, -0.05) is 11.6 Å². The van der Waals surface area contributed by atoms with E-state index >= 15 is 0 Å². The zero-order chi connectivity index (χ0) is 15.1. The molecule has 0 saturated carbocycles. The SMILES string of the molecule is NC(=S)Nc1ccc(OCCOc2ccc(Cl)cc2)cc1. The van der Waals surface area contributed by atoms with Crippen molar-refractivity contribution < 1.29 is 9.47 Å². The van der Waals surface area contributed by atoms with Crippen molar-refractivity contribution in [3.63, 3.8) is 0 Å². The summed E-state index contributed by atoms with van der Waals surface area (Å²) in [6.07, 6.45) is 0. The lowest BCUT2D eigenvalue weighted by Gasteiger charge is -2.09. The lowest BCUT2D eigenvalue weighted by Crippen LogP contribution is -2.18. The third-order valence-electron chi connectivity index (χ3n) is 2.56. The van der Waals surface area contributed by atoms with Gasteiger partial charge >= 0.3 is 0 Å². The molecule has 0 aromatic heterocycles. The number of halogens is 1. The molecule has 0 radical (unpaired) electrons. The molecule has 2 rings (SSSR count). The van der Waals surface area contributed by atoms with Crippen LogP contribution in [0.15, 0.2) is 48.5 Å². The quantitative estimate of drug-likeness (QED) is 0.630. The van der Waals surface area contributed by atoms with E-state index < -0.39 is 0 Å². The van der Waals surface area contributed by atoms with Crippen molar-refractivity contribution in [1.29, 1.82) is 0 Å². The van der Waals surface area contributed by atoms with Crippen molar-refractivity contribution in [2.45, 2.75) is 0 Å². The van der Waals surface area contributed by atoms with Crippen LogP contribution in [0.2, 0.25) is 5.02 Å². The zero-order valence-corrected chi connectivity index (χ0v) is 12.8. The maximum absolute atomic E-state index is 5.80. The molecule has 4 nitrogen and oxygen atoms in total. The second-order valence-corrected chi connectivity index (χ2v) is 5.04. The molecule has 0 bridgehead atoms. The van der Waals surface area contributed by atoms with E-state index in [2.05, 4.69) is 5.32 Å². The summed E-state index contributed by atoms with van der Waals surface area (Å²) in [5, 5.41) is 3.76. The van der Waals surface area contributed by atoms with Crippen molar-refractivity contribution in [3.8, 4) is 11.5 Å². The maximum atomic E-state index is 5.80. The second-order valence-electron chi connectivity index (χ2n) is 4.16. The minimum absolute atomic E-state index is 0.236. The molecule has 0 spiro atoms. The van der Waals surface area contributed by atoms with Gasteiger partial charge in [0.25, 0.3) is 0 Å². The van der Waals surface area contributed by atoms with Crippen molar-refractivity contribution in [3.05, 3.63) is 53.6 Å². The summed E-state index contributed by atoms with van der Waals surface area (Å²) in [6.45, 7) is 0.902. The molecule has 2 aromatic carbocycles. The van der Waals surface area contributed by atoms with Crippen LogP contribution in [-0.4, -0.2) is 18.3 Å². The summed E-state index contributed by atoms with van der Waals surface area (Å²) in [5.41, 5.74) is 6.22. The third-order valence-corrected chi connectivity index (χ3v) is 2.91. The molecule has 0 unspecified atom stereocenters. The van der Waals surface area contributed by atoms with Gasteiger partial charge in [-0.3, -0.25) is 0 Å². The van der Waals surface area contributed by atoms with Crippen LogP contribution in [0.3, 0.4) is 0 Å². The van der Waals surface area contributed by atoms with E-state index in [1.165, 1.54) is 0 Å². The van der Waals surface area contributed by atoms with Crippen LogP contribution in [0.25, 0.3) is 0 Å². The molecule has 110 valence electrons. The van der Waals surface area contributed by atoms with Crippen molar-refractivity contribution >= 4 is 34.6 Å². The average Bonchev–Trinajstić information content (AvgIpc) is 2.46. The van der Waals surface area contributed by atoms with E-state index in [1.807, 2.05) is 36.4 Å². The Morgan fingerprint density at radius 2 is 1.43 bits per heavy atom. The van der Waals surface area contributed by atoms with E-state index in [0.29, 0.717) is 18.2 Å². The number of rotatable bonds is 6. The maximum Gasteiger partial charge on any atom is 0.168 e. The van der Waals surface area contributed by atoms with E-state index in [9.17, 15) is 0 Å². The molecule has 0 atom stereocenters. The van der Waals surface area contributed by atoms with E-state index in [1.54, 1.807) is 12.1 Å². The number of benzene rings is 2. The molecule has 0 saturated heterocycles. The lowest BCUT2D eigenvalue weighted by molar-refractivity contribution is 0.217. The molecular formula is C15H15ClN2O2S. The fourth-order valence-electron chi connectivity index (χ4n) is 1.63. The Hall–Kier alpha value is -1.98. The van der Waals surface area contributed by atoms with Gasteiger partial charge in [0.05, 0.1) is 0 Å². The first-order chi connectivity index (χ1) is 10.1. The number of hydrogen-bond acceptors (Lipinski definition) is 3. The highest BCUT2D eigenvalue weighted by Crippen LogP contribution is 2.17. The molecule has 0 aliphatic heterocycles. The van der Waals surface area contributed by atoms with E-state index in [-0.39, 0.29) is 5.11 Å². The van der Waals surface area contributed by atoms with Crippen molar-refractivity contribution in [2.75, 3.05) is 18.5 Å². The largest absolute Gasteiger partial charge is 0.490 e. The van der Waals surface area contributed by atoms with Gasteiger partial charge in [0, 0.05) is 10.7 Å². The van der Waals surface area contributed by atoms with Crippen LogP contribution in [0.4, 0.5) is 5.69 Å². The highest BCUT2D eigenvalue weighted by molar-refractivity contribution is 7.80. The first kappa shape index (κ1) is 15.4. The fraction of sp³-hybridized carbons (Fsp3) is 0.133. The van der Waals surface area contributed by atoms with Gasteiger partial charge < -0.3 is 20.5 Å². The van der Waals surface area contributed by atoms with Gasteiger partial charge in [-0.05, 0) is 60.7 Å². The summed E-state index contributed by atoms with van der Waals surface area (Å²) in [5.74, 6) is 1.52. The van der Waals surface area contributed by atoms with E-state index in [0.717, 1.165) is 17.2 Å². The molecule has 0 aliphatic carbocycles. The van der Waals surface area contributed by atoms with Gasteiger partial charge in [0.15, 0.2) is 5.11 Å². The van der Waals surface area contributed by atoms with Gasteiger partial charge in [-0.25, -0.2) is 0 Å². The Balaban J connectivity index is 1.73. The first-order valence-corrected chi connectivity index (χ1v) is 7.10. The summed E-state index contributed by atoms with van der Waals surface area (Å²) in [6, 6.07) is 14.6. The number of nitrogens with two attached hydrogens (primary N) is 1. The molecule has 0 aliphatic rings. The average molecular weight is 323 g/mol. The fourth-order valence-corrected chi connectivity index (χ4v) is 1.87. The predicted octanol–water partition coefficient (Wildman–Crippen LogP) is 3.45. The zero-order valence-electron chi connectivity index (χ0n) is 11.2. The number of ether oxygens (including phenoxy) is 2. The van der Waals surface area contributed by atoms with Crippen LogP contribution in [0, 0.1) is 0 Å². The summed E-state index contributed by atoms with van der Waals surface area (Å²) in [4.78, 5) is 0. The Kier molecular flexibility index (Phi) is 5.66. The first-order valence-electron chi connectivity index (χ1n) is 6.31. The highest BCUT2D eigenvalue weighted by Gasteiger charge is 1.97. The summed E-state index contributed by atoms with van der Waals surface area (Å²) >= 11 is 10.6. The third kappa shape index (κ3) is 5.49. The standard InChI is InChI=1S/C15H15ClN2O2S/c16-11-1-5-13(6-2-11)19-9-10-20-14-7-3-12(4-8-14)18-15(17)21/h1-8H,9-10H2,(H3,17,18,21). The predicted molar refractivity (Wildman–Crippen MR) is 89.3 cm³/mol. The van der Waals surface area contributed by atoms with E-state index in [4.69, 9.17) is 39.0 Å². The Labute approximate surface area is 133 Å². The number of anilines is 1. The molecule has 0 fully saturated rings. The van der Waals surface area contributed by atoms with Gasteiger partial charge in [-0.15, -0.1) is 0 Å². The lowest BCUT2D eigenvalue weighted by atomic mass is 10.3. The number of nitrogens with one attached hydrogen (secondary N) is 1. The number of thiocarbonyl (C=S) groups is 1. The normalized spacial score (nSPS) is 9.95.